The van der Waals surface area contributed by atoms with E-state index < -0.39 is 0 Å². The van der Waals surface area contributed by atoms with E-state index in [1.165, 1.54) is 0 Å². The van der Waals surface area contributed by atoms with Gasteiger partial charge in [-0.1, -0.05) is 29.8 Å². The number of halogens is 1. The number of carbonyl (C=O) groups excluding carboxylic acids is 1. The Morgan fingerprint density at radius 1 is 1.23 bits per heavy atom. The molecule has 3 aromatic rings. The summed E-state index contributed by atoms with van der Waals surface area (Å²) in [4.78, 5) is 15.9. The van der Waals surface area contributed by atoms with E-state index in [0.29, 0.717) is 17.1 Å². The van der Waals surface area contributed by atoms with Crippen molar-refractivity contribution in [3.8, 4) is 0 Å². The van der Waals surface area contributed by atoms with Gasteiger partial charge in [-0.05, 0) is 37.6 Å². The largest absolute Gasteiger partial charge is 0.271 e. The van der Waals surface area contributed by atoms with E-state index in [2.05, 4.69) is 20.6 Å². The van der Waals surface area contributed by atoms with Crippen LogP contribution in [0.4, 0.5) is 0 Å². The number of aromatic nitrogens is 3. The van der Waals surface area contributed by atoms with Crippen molar-refractivity contribution in [2.24, 2.45) is 5.10 Å². The highest BCUT2D eigenvalue weighted by molar-refractivity contribution is 6.31. The summed E-state index contributed by atoms with van der Waals surface area (Å²) in [5.74, 6) is -0.289. The molecule has 7 heteroatoms. The molecule has 1 amide bonds. The predicted octanol–water partition coefficient (Wildman–Crippen LogP) is 3.36. The molecular formula is C19H18ClN5O. The fourth-order valence-corrected chi connectivity index (χ4v) is 2.76. The Bertz CT molecular complexity index is 950. The zero-order chi connectivity index (χ0) is 18.5. The maximum absolute atomic E-state index is 12.0. The minimum Gasteiger partial charge on any atom is -0.267 e. The molecular weight excluding hydrogens is 350 g/mol. The molecule has 0 bridgehead atoms. The van der Waals surface area contributed by atoms with Crippen LogP contribution in [0.15, 0.2) is 53.9 Å². The van der Waals surface area contributed by atoms with Gasteiger partial charge in [0.25, 0.3) is 5.91 Å². The molecule has 0 aliphatic rings. The molecule has 0 fully saturated rings. The molecule has 0 atom stereocenters. The standard InChI is InChI=1S/C19H18ClN5O/c1-13-17(11-22-23-19(26)15-7-9-21-10-8-15)14(2)25(24-13)12-16-5-3-4-6-18(16)20/h3-11H,12H2,1-2H3,(H,23,26)/b22-11+. The maximum Gasteiger partial charge on any atom is 0.271 e. The summed E-state index contributed by atoms with van der Waals surface area (Å²) < 4.78 is 1.88. The Balaban J connectivity index is 1.74. The lowest BCUT2D eigenvalue weighted by molar-refractivity contribution is 0.0955. The van der Waals surface area contributed by atoms with Gasteiger partial charge in [0.05, 0.1) is 18.5 Å². The van der Waals surface area contributed by atoms with Crippen LogP contribution >= 0.6 is 11.6 Å². The number of carbonyl (C=O) groups is 1. The zero-order valence-corrected chi connectivity index (χ0v) is 15.2. The molecule has 1 N–H and O–H groups in total. The Morgan fingerprint density at radius 2 is 1.96 bits per heavy atom. The van der Waals surface area contributed by atoms with E-state index in [0.717, 1.165) is 22.5 Å². The van der Waals surface area contributed by atoms with Gasteiger partial charge in [0.15, 0.2) is 0 Å². The van der Waals surface area contributed by atoms with Crippen molar-refractivity contribution in [2.45, 2.75) is 20.4 Å². The molecule has 0 aliphatic heterocycles. The quantitative estimate of drug-likeness (QED) is 0.555. The molecule has 26 heavy (non-hydrogen) atoms. The van der Waals surface area contributed by atoms with Gasteiger partial charge >= 0.3 is 0 Å². The van der Waals surface area contributed by atoms with Gasteiger partial charge in [-0.15, -0.1) is 0 Å². The van der Waals surface area contributed by atoms with Crippen LogP contribution in [0, 0.1) is 13.8 Å². The number of hydrogen-bond donors (Lipinski definition) is 1. The second-order valence-electron chi connectivity index (χ2n) is 5.77. The van der Waals surface area contributed by atoms with Crippen LogP contribution in [0.5, 0.6) is 0 Å². The number of nitrogens with zero attached hydrogens (tertiary/aromatic N) is 4. The highest BCUT2D eigenvalue weighted by atomic mass is 35.5. The SMILES string of the molecule is Cc1nn(Cc2ccccc2Cl)c(C)c1/C=N/NC(=O)c1ccncc1. The van der Waals surface area contributed by atoms with Crippen LogP contribution in [-0.2, 0) is 6.54 Å². The van der Waals surface area contributed by atoms with Crippen LogP contribution < -0.4 is 5.43 Å². The molecule has 1 aromatic carbocycles. The van der Waals surface area contributed by atoms with Crippen molar-refractivity contribution in [2.75, 3.05) is 0 Å². The predicted molar refractivity (Wildman–Crippen MR) is 102 cm³/mol. The second kappa shape index (κ2) is 7.93. The van der Waals surface area contributed by atoms with E-state index in [1.807, 2.05) is 42.8 Å². The van der Waals surface area contributed by atoms with Gasteiger partial charge < -0.3 is 0 Å². The smallest absolute Gasteiger partial charge is 0.267 e. The lowest BCUT2D eigenvalue weighted by Crippen LogP contribution is -2.17. The average Bonchev–Trinajstić information content (AvgIpc) is 2.91. The van der Waals surface area contributed by atoms with Crippen LogP contribution in [0.2, 0.25) is 5.02 Å². The van der Waals surface area contributed by atoms with Gasteiger partial charge in [0.2, 0.25) is 0 Å². The molecule has 3 rings (SSSR count). The van der Waals surface area contributed by atoms with Crippen LogP contribution in [-0.4, -0.2) is 26.9 Å². The minimum absolute atomic E-state index is 0.289. The number of benzene rings is 1. The van der Waals surface area contributed by atoms with Gasteiger partial charge in [-0.3, -0.25) is 14.5 Å². The number of pyridine rings is 1. The normalized spacial score (nSPS) is 11.0. The average molecular weight is 368 g/mol. The Kier molecular flexibility index (Phi) is 5.43. The maximum atomic E-state index is 12.0. The fraction of sp³-hybridized carbons (Fsp3) is 0.158. The topological polar surface area (TPSA) is 72.2 Å². The van der Waals surface area contributed by atoms with Gasteiger partial charge in [0.1, 0.15) is 0 Å². The number of rotatable bonds is 5. The molecule has 0 unspecified atom stereocenters. The first-order valence-corrected chi connectivity index (χ1v) is 8.45. The number of hydrogen-bond acceptors (Lipinski definition) is 4. The van der Waals surface area contributed by atoms with Crippen molar-refractivity contribution in [3.63, 3.8) is 0 Å². The number of aryl methyl sites for hydroxylation is 1. The second-order valence-corrected chi connectivity index (χ2v) is 6.18. The first-order chi connectivity index (χ1) is 12.6. The highest BCUT2D eigenvalue weighted by Crippen LogP contribution is 2.18. The van der Waals surface area contributed by atoms with Crippen LogP contribution in [0.3, 0.4) is 0 Å². The Morgan fingerprint density at radius 3 is 2.69 bits per heavy atom. The molecule has 132 valence electrons. The van der Waals surface area contributed by atoms with Crippen molar-refractivity contribution < 1.29 is 4.79 Å². The molecule has 6 nitrogen and oxygen atoms in total. The zero-order valence-electron chi connectivity index (χ0n) is 14.5. The summed E-state index contributed by atoms with van der Waals surface area (Å²) in [5, 5.41) is 9.31. The van der Waals surface area contributed by atoms with Gasteiger partial charge in [-0.25, -0.2) is 5.43 Å². The van der Waals surface area contributed by atoms with E-state index in [-0.39, 0.29) is 5.91 Å². The van der Waals surface area contributed by atoms with E-state index in [9.17, 15) is 4.79 Å². The molecule has 0 saturated heterocycles. The third-order valence-electron chi connectivity index (χ3n) is 4.02. The monoisotopic (exact) mass is 367 g/mol. The van der Waals surface area contributed by atoms with E-state index in [1.54, 1.807) is 30.7 Å². The van der Waals surface area contributed by atoms with E-state index in [4.69, 9.17) is 11.6 Å². The molecule has 0 aliphatic carbocycles. The minimum atomic E-state index is -0.289. The summed E-state index contributed by atoms with van der Waals surface area (Å²) in [6.45, 7) is 4.44. The molecule has 2 heterocycles. The Hall–Kier alpha value is -2.99. The number of amides is 1. The van der Waals surface area contributed by atoms with Crippen LogP contribution in [0.1, 0.15) is 32.9 Å². The number of nitrogens with one attached hydrogen (secondary N) is 1. The lowest BCUT2D eigenvalue weighted by Gasteiger charge is -2.06. The van der Waals surface area contributed by atoms with Crippen molar-refractivity contribution in [1.82, 2.24) is 20.2 Å². The van der Waals surface area contributed by atoms with E-state index >= 15 is 0 Å². The number of hydrazone groups is 1. The molecule has 2 aromatic heterocycles. The van der Waals surface area contributed by atoms with Crippen molar-refractivity contribution in [1.29, 1.82) is 0 Å². The first kappa shape index (κ1) is 17.8. The van der Waals surface area contributed by atoms with Crippen molar-refractivity contribution >= 4 is 23.7 Å². The summed E-state index contributed by atoms with van der Waals surface area (Å²) in [5.41, 5.74) is 6.66. The highest BCUT2D eigenvalue weighted by Gasteiger charge is 2.11. The van der Waals surface area contributed by atoms with Crippen LogP contribution in [0.25, 0.3) is 0 Å². The third kappa shape index (κ3) is 3.97. The summed E-state index contributed by atoms with van der Waals surface area (Å²) >= 11 is 6.23. The third-order valence-corrected chi connectivity index (χ3v) is 4.39. The Labute approximate surface area is 156 Å². The molecule has 0 saturated carbocycles. The fourth-order valence-electron chi connectivity index (χ4n) is 2.56. The first-order valence-electron chi connectivity index (χ1n) is 8.07. The van der Waals surface area contributed by atoms with Crippen molar-refractivity contribution in [3.05, 3.63) is 81.9 Å². The van der Waals surface area contributed by atoms with Gasteiger partial charge in [-0.2, -0.15) is 10.2 Å². The molecule has 0 radical (unpaired) electrons. The lowest BCUT2D eigenvalue weighted by atomic mass is 10.2. The van der Waals surface area contributed by atoms with Gasteiger partial charge in [0, 0.05) is 34.2 Å². The molecule has 0 spiro atoms. The summed E-state index contributed by atoms with van der Waals surface area (Å²) in [7, 11) is 0. The summed E-state index contributed by atoms with van der Waals surface area (Å²) in [6.07, 6.45) is 4.73. The summed E-state index contributed by atoms with van der Waals surface area (Å²) in [6, 6.07) is 10.9.